The predicted molar refractivity (Wildman–Crippen MR) is 109 cm³/mol. The summed E-state index contributed by atoms with van der Waals surface area (Å²) in [7, 11) is 0. The van der Waals surface area contributed by atoms with Gasteiger partial charge in [0.05, 0.1) is 11.4 Å². The molecule has 3 nitrogen and oxygen atoms in total. The Kier molecular flexibility index (Phi) is 4.60. The standard InChI is InChI=1S/C23H35N3/c24-20-9-3-4-10-21(20)25-22-15-18-8-5-11-23(22)26(18)19-13-16-6-1-2-7-17(12-16)14-19/h3-4,9-10,16-19,22-23,25H,1-2,5-8,11-15,24H2/t16?,17?,18-,19?,22+,23+/m0/s1. The zero-order valence-electron chi connectivity index (χ0n) is 16.1. The first-order chi connectivity index (χ1) is 12.8. The Hall–Kier alpha value is -1.22. The predicted octanol–water partition coefficient (Wildman–Crippen LogP) is 5.04. The minimum Gasteiger partial charge on any atom is -0.397 e. The summed E-state index contributed by atoms with van der Waals surface area (Å²) < 4.78 is 0. The Bertz CT molecular complexity index is 616. The zero-order valence-corrected chi connectivity index (χ0v) is 16.1. The fraction of sp³-hybridized carbons (Fsp3) is 0.739. The number of hydrogen-bond acceptors (Lipinski definition) is 3. The van der Waals surface area contributed by atoms with Gasteiger partial charge in [-0.3, -0.25) is 4.90 Å². The summed E-state index contributed by atoms with van der Waals surface area (Å²) in [6, 6.07) is 11.3. The van der Waals surface area contributed by atoms with E-state index in [1.165, 1.54) is 70.6 Å². The lowest BCUT2D eigenvalue weighted by molar-refractivity contribution is 0.0344. The van der Waals surface area contributed by atoms with Crippen LogP contribution in [0.5, 0.6) is 0 Å². The Morgan fingerprint density at radius 2 is 1.58 bits per heavy atom. The van der Waals surface area contributed by atoms with Crippen LogP contribution in [-0.4, -0.2) is 29.1 Å². The SMILES string of the molecule is Nc1ccccc1N[C@@H]1C[C@@H]2CCC[C@H]1N2C1CC2CCCCC(C2)C1. The van der Waals surface area contributed by atoms with E-state index < -0.39 is 0 Å². The summed E-state index contributed by atoms with van der Waals surface area (Å²) in [5, 5.41) is 3.85. The molecule has 4 bridgehead atoms. The molecule has 4 fully saturated rings. The molecule has 0 spiro atoms. The molecule has 142 valence electrons. The third kappa shape index (κ3) is 3.13. The summed E-state index contributed by atoms with van der Waals surface area (Å²) >= 11 is 0. The second-order valence-electron chi connectivity index (χ2n) is 9.55. The molecule has 0 aromatic heterocycles. The molecule has 5 rings (SSSR count). The molecule has 0 radical (unpaired) electrons. The molecule has 5 atom stereocenters. The number of nitrogens with one attached hydrogen (secondary N) is 1. The van der Waals surface area contributed by atoms with Crippen molar-refractivity contribution in [2.24, 2.45) is 11.8 Å². The molecule has 1 aromatic rings. The highest BCUT2D eigenvalue weighted by molar-refractivity contribution is 5.66. The quantitative estimate of drug-likeness (QED) is 0.748. The second-order valence-corrected chi connectivity index (χ2v) is 9.55. The van der Waals surface area contributed by atoms with E-state index in [9.17, 15) is 0 Å². The number of nitrogens with zero attached hydrogens (tertiary/aromatic N) is 1. The third-order valence-electron chi connectivity index (χ3n) is 7.91. The maximum absolute atomic E-state index is 6.22. The van der Waals surface area contributed by atoms with Crippen molar-refractivity contribution in [3.05, 3.63) is 24.3 Å². The van der Waals surface area contributed by atoms with E-state index in [0.29, 0.717) is 6.04 Å². The number of piperidine rings is 1. The topological polar surface area (TPSA) is 41.3 Å². The summed E-state index contributed by atoms with van der Waals surface area (Å²) in [6.07, 6.45) is 15.9. The van der Waals surface area contributed by atoms with Crippen LogP contribution in [0.2, 0.25) is 0 Å². The first kappa shape index (κ1) is 16.9. The fourth-order valence-corrected chi connectivity index (χ4v) is 6.89. The van der Waals surface area contributed by atoms with Crippen molar-refractivity contribution < 1.29 is 0 Å². The molecular formula is C23H35N3. The number of benzene rings is 1. The maximum Gasteiger partial charge on any atom is 0.0576 e. The molecule has 0 amide bonds. The zero-order chi connectivity index (χ0) is 17.5. The lowest BCUT2D eigenvalue weighted by Gasteiger charge is -2.46. The monoisotopic (exact) mass is 353 g/mol. The maximum atomic E-state index is 6.22. The van der Waals surface area contributed by atoms with Gasteiger partial charge in [0.2, 0.25) is 0 Å². The van der Waals surface area contributed by atoms with E-state index in [4.69, 9.17) is 5.73 Å². The summed E-state index contributed by atoms with van der Waals surface area (Å²) in [4.78, 5) is 3.00. The van der Waals surface area contributed by atoms with Gasteiger partial charge in [-0.2, -0.15) is 0 Å². The van der Waals surface area contributed by atoms with Gasteiger partial charge in [0.25, 0.3) is 0 Å². The van der Waals surface area contributed by atoms with Crippen LogP contribution >= 0.6 is 0 Å². The Labute approximate surface area is 158 Å². The first-order valence-electron chi connectivity index (χ1n) is 11.2. The average Bonchev–Trinajstić information content (AvgIpc) is 2.77. The molecule has 2 heterocycles. The second kappa shape index (κ2) is 7.07. The smallest absolute Gasteiger partial charge is 0.0576 e. The Balaban J connectivity index is 1.34. The van der Waals surface area contributed by atoms with Gasteiger partial charge in [-0.1, -0.05) is 44.2 Å². The van der Waals surface area contributed by atoms with Crippen molar-refractivity contribution in [2.45, 2.75) is 94.8 Å². The molecule has 2 saturated carbocycles. The van der Waals surface area contributed by atoms with Gasteiger partial charge in [-0.25, -0.2) is 0 Å². The van der Waals surface area contributed by atoms with Crippen LogP contribution in [0.25, 0.3) is 0 Å². The van der Waals surface area contributed by atoms with E-state index in [0.717, 1.165) is 41.3 Å². The van der Waals surface area contributed by atoms with Crippen LogP contribution in [0.1, 0.15) is 70.6 Å². The minimum absolute atomic E-state index is 0.580. The van der Waals surface area contributed by atoms with Crippen LogP contribution in [0, 0.1) is 11.8 Å². The Morgan fingerprint density at radius 3 is 2.35 bits per heavy atom. The van der Waals surface area contributed by atoms with Crippen LogP contribution in [0.15, 0.2) is 24.3 Å². The van der Waals surface area contributed by atoms with Gasteiger partial charge in [0.15, 0.2) is 0 Å². The molecular weight excluding hydrogens is 318 g/mol. The number of fused-ring (bicyclic) bond motifs is 4. The van der Waals surface area contributed by atoms with Crippen molar-refractivity contribution in [1.29, 1.82) is 0 Å². The van der Waals surface area contributed by atoms with E-state index in [-0.39, 0.29) is 0 Å². The average molecular weight is 354 g/mol. The summed E-state index contributed by atoms with van der Waals surface area (Å²) in [6.45, 7) is 0. The Morgan fingerprint density at radius 1 is 0.808 bits per heavy atom. The largest absolute Gasteiger partial charge is 0.397 e. The highest BCUT2D eigenvalue weighted by Gasteiger charge is 2.48. The van der Waals surface area contributed by atoms with Crippen LogP contribution in [-0.2, 0) is 0 Å². The minimum atomic E-state index is 0.580. The van der Waals surface area contributed by atoms with Crippen LogP contribution in [0.3, 0.4) is 0 Å². The van der Waals surface area contributed by atoms with Crippen LogP contribution < -0.4 is 11.1 Å². The number of nitrogens with two attached hydrogens (primary N) is 1. The van der Waals surface area contributed by atoms with Crippen molar-refractivity contribution in [3.8, 4) is 0 Å². The number of hydrogen-bond donors (Lipinski definition) is 2. The van der Waals surface area contributed by atoms with Gasteiger partial charge in [-0.05, 0) is 62.5 Å². The number of anilines is 2. The molecule has 2 unspecified atom stereocenters. The molecule has 1 aromatic carbocycles. The number of nitrogen functional groups attached to an aromatic ring is 1. The number of rotatable bonds is 3. The van der Waals surface area contributed by atoms with E-state index in [1.807, 2.05) is 12.1 Å². The lowest BCUT2D eigenvalue weighted by Crippen LogP contribution is -2.51. The molecule has 2 saturated heterocycles. The molecule has 26 heavy (non-hydrogen) atoms. The normalized spacial score (nSPS) is 40.2. The van der Waals surface area contributed by atoms with Gasteiger partial charge in [-0.15, -0.1) is 0 Å². The third-order valence-corrected chi connectivity index (χ3v) is 7.91. The molecule has 2 aliphatic heterocycles. The summed E-state index contributed by atoms with van der Waals surface area (Å²) in [5.74, 6) is 2.03. The van der Waals surface area contributed by atoms with E-state index in [2.05, 4.69) is 22.3 Å². The molecule has 2 aliphatic carbocycles. The molecule has 3 heteroatoms. The van der Waals surface area contributed by atoms with E-state index >= 15 is 0 Å². The van der Waals surface area contributed by atoms with Gasteiger partial charge in [0, 0.05) is 24.2 Å². The van der Waals surface area contributed by atoms with Gasteiger partial charge >= 0.3 is 0 Å². The summed E-state index contributed by atoms with van der Waals surface area (Å²) in [5.41, 5.74) is 8.25. The highest BCUT2D eigenvalue weighted by Crippen LogP contribution is 2.46. The molecule has 4 aliphatic rings. The van der Waals surface area contributed by atoms with Gasteiger partial charge < -0.3 is 11.1 Å². The molecule has 3 N–H and O–H groups in total. The fourth-order valence-electron chi connectivity index (χ4n) is 6.89. The van der Waals surface area contributed by atoms with Crippen molar-refractivity contribution >= 4 is 11.4 Å². The van der Waals surface area contributed by atoms with Crippen molar-refractivity contribution in [1.82, 2.24) is 4.90 Å². The van der Waals surface area contributed by atoms with Crippen LogP contribution in [0.4, 0.5) is 11.4 Å². The highest BCUT2D eigenvalue weighted by atomic mass is 15.3. The van der Waals surface area contributed by atoms with E-state index in [1.54, 1.807) is 0 Å². The first-order valence-corrected chi connectivity index (χ1v) is 11.2. The van der Waals surface area contributed by atoms with Crippen molar-refractivity contribution in [2.75, 3.05) is 11.1 Å². The van der Waals surface area contributed by atoms with Crippen molar-refractivity contribution in [3.63, 3.8) is 0 Å². The van der Waals surface area contributed by atoms with Gasteiger partial charge in [0.1, 0.15) is 0 Å². The number of para-hydroxylation sites is 2. The lowest BCUT2D eigenvalue weighted by atomic mass is 9.76.